The van der Waals surface area contributed by atoms with Crippen LogP contribution in [-0.2, 0) is 11.3 Å². The number of carboxylic acids is 1. The molecule has 1 unspecified atom stereocenters. The predicted molar refractivity (Wildman–Crippen MR) is 80.1 cm³/mol. The molecule has 1 atom stereocenters. The van der Waals surface area contributed by atoms with E-state index in [1.807, 2.05) is 44.2 Å². The Labute approximate surface area is 124 Å². The average Bonchev–Trinajstić information content (AvgIpc) is 2.45. The maximum absolute atomic E-state index is 12.2. The van der Waals surface area contributed by atoms with Gasteiger partial charge in [-0.05, 0) is 25.0 Å². The van der Waals surface area contributed by atoms with Crippen molar-refractivity contribution in [2.75, 3.05) is 13.1 Å². The minimum Gasteiger partial charge on any atom is -0.481 e. The standard InChI is InChI=1S/C16H20N2O3/c1-11(2)7-8-17-16(21)18-9-12-5-3-4-6-13(12)14(10-18)15(19)20/h3-7,14H,8-10H2,1-2H3,(H,17,21)(H,19,20). The molecular formula is C16H20N2O3. The number of allylic oxidation sites excluding steroid dienone is 1. The van der Waals surface area contributed by atoms with Crippen LogP contribution in [0.2, 0.25) is 0 Å². The number of hydrogen-bond acceptors (Lipinski definition) is 2. The van der Waals surface area contributed by atoms with Crippen molar-refractivity contribution in [3.05, 3.63) is 47.0 Å². The molecule has 0 aromatic heterocycles. The van der Waals surface area contributed by atoms with Gasteiger partial charge in [0.1, 0.15) is 0 Å². The van der Waals surface area contributed by atoms with Crippen LogP contribution < -0.4 is 5.32 Å². The van der Waals surface area contributed by atoms with E-state index >= 15 is 0 Å². The lowest BCUT2D eigenvalue weighted by molar-refractivity contribution is -0.139. The zero-order valence-corrected chi connectivity index (χ0v) is 12.3. The van der Waals surface area contributed by atoms with E-state index in [1.165, 1.54) is 0 Å². The minimum atomic E-state index is -0.899. The van der Waals surface area contributed by atoms with Gasteiger partial charge in [-0.25, -0.2) is 4.79 Å². The first-order valence-corrected chi connectivity index (χ1v) is 6.95. The average molecular weight is 288 g/mol. The van der Waals surface area contributed by atoms with Crippen LogP contribution in [0.25, 0.3) is 0 Å². The van der Waals surface area contributed by atoms with Crippen molar-refractivity contribution < 1.29 is 14.7 Å². The molecule has 0 bridgehead atoms. The molecule has 0 radical (unpaired) electrons. The van der Waals surface area contributed by atoms with Gasteiger partial charge in [-0.2, -0.15) is 0 Å². The molecule has 1 aliphatic rings. The van der Waals surface area contributed by atoms with Gasteiger partial charge in [-0.1, -0.05) is 35.9 Å². The van der Waals surface area contributed by atoms with Crippen LogP contribution in [0.5, 0.6) is 0 Å². The van der Waals surface area contributed by atoms with E-state index in [2.05, 4.69) is 5.32 Å². The van der Waals surface area contributed by atoms with Gasteiger partial charge in [-0.15, -0.1) is 0 Å². The summed E-state index contributed by atoms with van der Waals surface area (Å²) in [6, 6.07) is 7.17. The molecule has 112 valence electrons. The second kappa shape index (κ2) is 6.43. The van der Waals surface area contributed by atoms with Crippen molar-refractivity contribution in [1.29, 1.82) is 0 Å². The lowest BCUT2D eigenvalue weighted by Crippen LogP contribution is -2.45. The fourth-order valence-electron chi connectivity index (χ4n) is 2.43. The van der Waals surface area contributed by atoms with Gasteiger partial charge in [0, 0.05) is 19.6 Å². The Morgan fingerprint density at radius 2 is 2.10 bits per heavy atom. The van der Waals surface area contributed by atoms with Crippen LogP contribution in [0.1, 0.15) is 30.9 Å². The number of fused-ring (bicyclic) bond motifs is 1. The van der Waals surface area contributed by atoms with Crippen LogP contribution in [0.4, 0.5) is 4.79 Å². The van der Waals surface area contributed by atoms with E-state index in [0.29, 0.717) is 13.1 Å². The van der Waals surface area contributed by atoms with Gasteiger partial charge in [-0.3, -0.25) is 4.79 Å². The fourth-order valence-corrected chi connectivity index (χ4v) is 2.43. The molecule has 21 heavy (non-hydrogen) atoms. The normalized spacial score (nSPS) is 16.9. The Bertz CT molecular complexity index is 577. The lowest BCUT2D eigenvalue weighted by Gasteiger charge is -2.32. The second-order valence-corrected chi connectivity index (χ2v) is 5.44. The van der Waals surface area contributed by atoms with Crippen LogP contribution in [0, 0.1) is 0 Å². The van der Waals surface area contributed by atoms with Gasteiger partial charge in [0.25, 0.3) is 0 Å². The molecular weight excluding hydrogens is 268 g/mol. The summed E-state index contributed by atoms with van der Waals surface area (Å²) in [5.41, 5.74) is 2.83. The largest absolute Gasteiger partial charge is 0.481 e. The summed E-state index contributed by atoms with van der Waals surface area (Å²) < 4.78 is 0. The molecule has 0 saturated carbocycles. The highest BCUT2D eigenvalue weighted by atomic mass is 16.4. The van der Waals surface area contributed by atoms with E-state index in [9.17, 15) is 14.7 Å². The number of aliphatic carboxylic acids is 1. The number of carboxylic acid groups (broad SMARTS) is 1. The van der Waals surface area contributed by atoms with E-state index in [4.69, 9.17) is 0 Å². The SMILES string of the molecule is CC(C)=CCNC(=O)N1Cc2ccccc2C(C(=O)O)C1. The van der Waals surface area contributed by atoms with Crippen molar-refractivity contribution in [2.24, 2.45) is 0 Å². The highest BCUT2D eigenvalue weighted by molar-refractivity contribution is 5.80. The zero-order chi connectivity index (χ0) is 15.4. The van der Waals surface area contributed by atoms with Crippen molar-refractivity contribution in [1.82, 2.24) is 10.2 Å². The molecule has 2 N–H and O–H groups in total. The van der Waals surface area contributed by atoms with Crippen molar-refractivity contribution in [3.8, 4) is 0 Å². The molecule has 2 amide bonds. The lowest BCUT2D eigenvalue weighted by atomic mass is 9.90. The van der Waals surface area contributed by atoms with Crippen molar-refractivity contribution in [2.45, 2.75) is 26.3 Å². The highest BCUT2D eigenvalue weighted by Gasteiger charge is 2.32. The molecule has 0 aliphatic carbocycles. The van der Waals surface area contributed by atoms with Crippen LogP contribution in [0.3, 0.4) is 0 Å². The number of hydrogen-bond donors (Lipinski definition) is 2. The summed E-state index contributed by atoms with van der Waals surface area (Å²) in [6.45, 7) is 5.03. The quantitative estimate of drug-likeness (QED) is 0.839. The van der Waals surface area contributed by atoms with Crippen LogP contribution in [0.15, 0.2) is 35.9 Å². The van der Waals surface area contributed by atoms with E-state index < -0.39 is 11.9 Å². The minimum absolute atomic E-state index is 0.201. The molecule has 2 rings (SSSR count). The molecule has 1 aliphatic heterocycles. The monoisotopic (exact) mass is 288 g/mol. The molecule has 1 aromatic carbocycles. The number of nitrogens with zero attached hydrogens (tertiary/aromatic N) is 1. The van der Waals surface area contributed by atoms with Gasteiger partial charge >= 0.3 is 12.0 Å². The number of urea groups is 1. The van der Waals surface area contributed by atoms with Crippen molar-refractivity contribution in [3.63, 3.8) is 0 Å². The van der Waals surface area contributed by atoms with Crippen molar-refractivity contribution >= 4 is 12.0 Å². The summed E-state index contributed by atoms with van der Waals surface area (Å²) in [7, 11) is 0. The summed E-state index contributed by atoms with van der Waals surface area (Å²) in [4.78, 5) is 25.1. The maximum Gasteiger partial charge on any atom is 0.317 e. The topological polar surface area (TPSA) is 69.6 Å². The van der Waals surface area contributed by atoms with E-state index in [-0.39, 0.29) is 12.6 Å². The highest BCUT2D eigenvalue weighted by Crippen LogP contribution is 2.28. The zero-order valence-electron chi connectivity index (χ0n) is 12.3. The number of benzene rings is 1. The van der Waals surface area contributed by atoms with E-state index in [0.717, 1.165) is 16.7 Å². The number of rotatable bonds is 3. The molecule has 5 heteroatoms. The van der Waals surface area contributed by atoms with Crippen LogP contribution >= 0.6 is 0 Å². The third kappa shape index (κ3) is 3.62. The summed E-state index contributed by atoms with van der Waals surface area (Å²) >= 11 is 0. The predicted octanol–water partition coefficient (Wildman–Crippen LogP) is 2.35. The Morgan fingerprint density at radius 3 is 2.76 bits per heavy atom. The molecule has 1 aromatic rings. The maximum atomic E-state index is 12.2. The second-order valence-electron chi connectivity index (χ2n) is 5.44. The first-order chi connectivity index (χ1) is 9.99. The molecule has 1 heterocycles. The number of carbonyl (C=O) groups excluding carboxylic acids is 1. The molecule has 0 fully saturated rings. The third-order valence-corrected chi connectivity index (χ3v) is 3.54. The fraction of sp³-hybridized carbons (Fsp3) is 0.375. The first kappa shape index (κ1) is 15.1. The Hall–Kier alpha value is -2.30. The molecule has 5 nitrogen and oxygen atoms in total. The van der Waals surface area contributed by atoms with Gasteiger partial charge in [0.2, 0.25) is 0 Å². The smallest absolute Gasteiger partial charge is 0.317 e. The summed E-state index contributed by atoms with van der Waals surface area (Å²) in [6.07, 6.45) is 1.92. The third-order valence-electron chi connectivity index (χ3n) is 3.54. The van der Waals surface area contributed by atoms with Gasteiger partial charge in [0.15, 0.2) is 0 Å². The summed E-state index contributed by atoms with van der Waals surface area (Å²) in [5.74, 6) is -1.56. The van der Waals surface area contributed by atoms with Crippen LogP contribution in [-0.4, -0.2) is 35.1 Å². The number of carbonyl (C=O) groups is 2. The first-order valence-electron chi connectivity index (χ1n) is 6.95. The van der Waals surface area contributed by atoms with Gasteiger partial charge in [0.05, 0.1) is 5.92 Å². The molecule has 0 saturated heterocycles. The Balaban J connectivity index is 2.12. The Morgan fingerprint density at radius 1 is 1.38 bits per heavy atom. The van der Waals surface area contributed by atoms with E-state index in [1.54, 1.807) is 4.90 Å². The number of amides is 2. The Kier molecular flexibility index (Phi) is 4.62. The molecule has 0 spiro atoms. The van der Waals surface area contributed by atoms with Gasteiger partial charge < -0.3 is 15.3 Å². The number of nitrogens with one attached hydrogen (secondary N) is 1. The summed E-state index contributed by atoms with van der Waals surface area (Å²) in [5, 5.41) is 12.2.